The van der Waals surface area contributed by atoms with Gasteiger partial charge < -0.3 is 10.4 Å². The van der Waals surface area contributed by atoms with Gasteiger partial charge in [-0.1, -0.05) is 24.4 Å². The molecule has 0 saturated carbocycles. The van der Waals surface area contributed by atoms with E-state index in [1.807, 2.05) is 6.92 Å². The van der Waals surface area contributed by atoms with Gasteiger partial charge in [0.1, 0.15) is 0 Å². The molecule has 0 spiro atoms. The zero-order valence-corrected chi connectivity index (χ0v) is 9.58. The van der Waals surface area contributed by atoms with Crippen molar-refractivity contribution in [2.45, 2.75) is 19.4 Å². The molecule has 0 fully saturated rings. The zero-order chi connectivity index (χ0) is 12.1. The van der Waals surface area contributed by atoms with E-state index in [0.29, 0.717) is 0 Å². The predicted octanol–water partition coefficient (Wildman–Crippen LogP) is 2.86. The molecule has 1 atom stereocenters. The van der Waals surface area contributed by atoms with Crippen molar-refractivity contribution in [2.24, 2.45) is 0 Å². The van der Waals surface area contributed by atoms with Crippen molar-refractivity contribution in [3.8, 4) is 12.3 Å². The highest BCUT2D eigenvalue weighted by Crippen LogP contribution is 2.21. The Hall–Kier alpha value is -1.66. The normalized spacial score (nSPS) is 11.6. The van der Waals surface area contributed by atoms with Gasteiger partial charge in [0.05, 0.1) is 16.6 Å². The molecule has 1 rings (SSSR count). The fourth-order valence-corrected chi connectivity index (χ4v) is 1.50. The van der Waals surface area contributed by atoms with Gasteiger partial charge in [0, 0.05) is 5.69 Å². The number of hydrogen-bond donors (Lipinski definition) is 2. The third kappa shape index (κ3) is 2.91. The number of rotatable bonds is 4. The van der Waals surface area contributed by atoms with Gasteiger partial charge in [-0.05, 0) is 24.6 Å². The summed E-state index contributed by atoms with van der Waals surface area (Å²) in [6.07, 6.45) is 6.09. The van der Waals surface area contributed by atoms with Crippen molar-refractivity contribution < 1.29 is 9.90 Å². The van der Waals surface area contributed by atoms with Crippen molar-refractivity contribution in [1.29, 1.82) is 0 Å². The fraction of sp³-hybridized carbons (Fsp3) is 0.250. The molecule has 1 unspecified atom stereocenters. The van der Waals surface area contributed by atoms with E-state index >= 15 is 0 Å². The number of carboxylic acids is 1. The Morgan fingerprint density at radius 1 is 1.69 bits per heavy atom. The minimum atomic E-state index is -1.04. The number of nitrogens with one attached hydrogen (secondary N) is 1. The molecule has 0 bridgehead atoms. The molecule has 0 heterocycles. The molecule has 0 amide bonds. The maximum Gasteiger partial charge on any atom is 0.337 e. The number of anilines is 1. The first-order valence-electron chi connectivity index (χ1n) is 4.84. The number of terminal acetylenes is 1. The van der Waals surface area contributed by atoms with Crippen LogP contribution in [-0.4, -0.2) is 17.1 Å². The van der Waals surface area contributed by atoms with Crippen LogP contribution in [0.5, 0.6) is 0 Å². The van der Waals surface area contributed by atoms with Crippen LogP contribution in [-0.2, 0) is 0 Å². The molecule has 1 aromatic carbocycles. The third-order valence-electron chi connectivity index (χ3n) is 2.15. The first-order valence-corrected chi connectivity index (χ1v) is 5.21. The van der Waals surface area contributed by atoms with E-state index in [9.17, 15) is 4.79 Å². The van der Waals surface area contributed by atoms with E-state index < -0.39 is 5.97 Å². The van der Waals surface area contributed by atoms with E-state index in [1.165, 1.54) is 6.07 Å². The molecule has 0 aromatic heterocycles. The summed E-state index contributed by atoms with van der Waals surface area (Å²) in [5.74, 6) is 1.55. The van der Waals surface area contributed by atoms with E-state index in [4.69, 9.17) is 23.1 Å². The van der Waals surface area contributed by atoms with Crippen LogP contribution < -0.4 is 5.32 Å². The molecule has 0 aliphatic rings. The first-order chi connectivity index (χ1) is 7.58. The maximum atomic E-state index is 10.7. The number of benzene rings is 1. The lowest BCUT2D eigenvalue weighted by molar-refractivity contribution is 0.0697. The number of carbonyl (C=O) groups is 1. The molecule has 1 aromatic rings. The summed E-state index contributed by atoms with van der Waals surface area (Å²) >= 11 is 5.82. The molecule has 0 aliphatic heterocycles. The van der Waals surface area contributed by atoms with Crippen molar-refractivity contribution in [2.75, 3.05) is 5.32 Å². The highest BCUT2D eigenvalue weighted by Gasteiger charge is 2.09. The molecular weight excluding hydrogens is 226 g/mol. The Morgan fingerprint density at radius 3 is 2.81 bits per heavy atom. The lowest BCUT2D eigenvalue weighted by atomic mass is 10.1. The second-order valence-electron chi connectivity index (χ2n) is 3.27. The second kappa shape index (κ2) is 5.43. The third-order valence-corrected chi connectivity index (χ3v) is 2.46. The smallest absolute Gasteiger partial charge is 0.337 e. The summed E-state index contributed by atoms with van der Waals surface area (Å²) in [6.45, 7) is 1.96. The first kappa shape index (κ1) is 12.4. The molecular formula is C12H12ClNO2. The Labute approximate surface area is 99.4 Å². The topological polar surface area (TPSA) is 49.3 Å². The lowest BCUT2D eigenvalue weighted by Crippen LogP contribution is -2.15. The summed E-state index contributed by atoms with van der Waals surface area (Å²) in [7, 11) is 0. The van der Waals surface area contributed by atoms with Crippen molar-refractivity contribution in [3.05, 3.63) is 28.8 Å². The van der Waals surface area contributed by atoms with Crippen molar-refractivity contribution in [3.63, 3.8) is 0 Å². The van der Waals surface area contributed by atoms with Crippen LogP contribution in [0.1, 0.15) is 23.7 Å². The van der Waals surface area contributed by atoms with Crippen LogP contribution in [0.3, 0.4) is 0 Å². The van der Waals surface area contributed by atoms with E-state index in [0.717, 1.165) is 12.1 Å². The second-order valence-corrected chi connectivity index (χ2v) is 3.68. The van der Waals surface area contributed by atoms with Gasteiger partial charge in [-0.15, -0.1) is 6.42 Å². The highest BCUT2D eigenvalue weighted by atomic mass is 35.5. The van der Waals surface area contributed by atoms with Crippen LogP contribution in [0.15, 0.2) is 18.2 Å². The molecule has 0 aliphatic carbocycles. The largest absolute Gasteiger partial charge is 0.478 e. The molecule has 0 saturated heterocycles. The van der Waals surface area contributed by atoms with E-state index in [-0.39, 0.29) is 16.6 Å². The van der Waals surface area contributed by atoms with Gasteiger partial charge in [-0.3, -0.25) is 0 Å². The molecule has 4 heteroatoms. The zero-order valence-electron chi connectivity index (χ0n) is 8.83. The van der Waals surface area contributed by atoms with Crippen molar-refractivity contribution >= 4 is 23.3 Å². The summed E-state index contributed by atoms with van der Waals surface area (Å²) in [5.41, 5.74) is 0.806. The summed E-state index contributed by atoms with van der Waals surface area (Å²) < 4.78 is 0. The molecule has 16 heavy (non-hydrogen) atoms. The Bertz CT molecular complexity index is 437. The number of hydrogen-bond acceptors (Lipinski definition) is 2. The monoisotopic (exact) mass is 237 g/mol. The minimum Gasteiger partial charge on any atom is -0.478 e. The average Bonchev–Trinajstić information content (AvgIpc) is 2.25. The Morgan fingerprint density at radius 2 is 2.38 bits per heavy atom. The highest BCUT2D eigenvalue weighted by molar-refractivity contribution is 6.33. The van der Waals surface area contributed by atoms with Gasteiger partial charge >= 0.3 is 5.97 Å². The number of carboxylic acid groups (broad SMARTS) is 1. The number of aromatic carboxylic acids is 1. The van der Waals surface area contributed by atoms with Gasteiger partial charge in [-0.2, -0.15) is 0 Å². The Kier molecular flexibility index (Phi) is 4.21. The van der Waals surface area contributed by atoms with E-state index in [1.54, 1.807) is 12.1 Å². The summed E-state index contributed by atoms with van der Waals surface area (Å²) in [6, 6.07) is 4.59. The summed E-state index contributed by atoms with van der Waals surface area (Å²) in [5, 5.41) is 12.1. The maximum absolute atomic E-state index is 10.7. The van der Waals surface area contributed by atoms with Crippen LogP contribution in [0, 0.1) is 12.3 Å². The minimum absolute atomic E-state index is 0.0771. The van der Waals surface area contributed by atoms with Crippen LogP contribution >= 0.6 is 11.6 Å². The summed E-state index contributed by atoms with van der Waals surface area (Å²) in [4.78, 5) is 10.7. The molecule has 0 radical (unpaired) electrons. The van der Waals surface area contributed by atoms with Crippen molar-refractivity contribution in [1.82, 2.24) is 0 Å². The van der Waals surface area contributed by atoms with Gasteiger partial charge in [0.15, 0.2) is 0 Å². The van der Waals surface area contributed by atoms with Gasteiger partial charge in [0.25, 0.3) is 0 Å². The predicted molar refractivity (Wildman–Crippen MR) is 64.9 cm³/mol. The van der Waals surface area contributed by atoms with E-state index in [2.05, 4.69) is 11.2 Å². The van der Waals surface area contributed by atoms with Crippen LogP contribution in [0.25, 0.3) is 0 Å². The Balaban J connectivity index is 2.90. The molecule has 3 nitrogen and oxygen atoms in total. The quantitative estimate of drug-likeness (QED) is 0.792. The van der Waals surface area contributed by atoms with Crippen LogP contribution in [0.2, 0.25) is 5.02 Å². The number of halogens is 1. The lowest BCUT2D eigenvalue weighted by Gasteiger charge is -2.12. The van der Waals surface area contributed by atoms with Gasteiger partial charge in [-0.25, -0.2) is 4.79 Å². The molecule has 84 valence electrons. The fourth-order valence-electron chi connectivity index (χ4n) is 1.24. The SMILES string of the molecule is C#CC(CC)Nc1ccc(C(=O)O)c(Cl)c1. The van der Waals surface area contributed by atoms with Crippen LogP contribution in [0.4, 0.5) is 5.69 Å². The standard InChI is InChI=1S/C12H12ClNO2/c1-3-8(4-2)14-9-5-6-10(12(15)16)11(13)7-9/h1,5-8,14H,4H2,2H3,(H,15,16). The van der Waals surface area contributed by atoms with Gasteiger partial charge in [0.2, 0.25) is 0 Å². The average molecular weight is 238 g/mol. The molecule has 2 N–H and O–H groups in total.